The molecule has 33 heavy (non-hydrogen) atoms. The maximum atomic E-state index is 12.8. The highest BCUT2D eigenvalue weighted by atomic mass is 16.4. The van der Waals surface area contributed by atoms with E-state index in [1.165, 1.54) is 12.1 Å². The lowest BCUT2D eigenvalue weighted by Crippen LogP contribution is -2.54. The van der Waals surface area contributed by atoms with Crippen molar-refractivity contribution >= 4 is 23.8 Å². The second kappa shape index (κ2) is 14.6. The van der Waals surface area contributed by atoms with Gasteiger partial charge in [0.25, 0.3) is 0 Å². The standard InChI is InChI=1S/C21H34N6O6/c22-10-2-1-5-16(26-18(29)15(23)4-3-11-25-21(24)33)19(30)27-17(20(31)32)12-13-6-8-14(28)9-7-13/h6-9,15-17,28H,1-5,10-12,22-23H2,(H,26,29)(H,27,30)(H,31,32)(H3,24,25,33)/t15-,16-,17-/m0/s1. The van der Waals surface area contributed by atoms with Crippen LogP contribution in [0, 0.1) is 0 Å². The molecule has 0 radical (unpaired) electrons. The van der Waals surface area contributed by atoms with Gasteiger partial charge in [0.2, 0.25) is 11.8 Å². The number of carbonyl (C=O) groups excluding carboxylic acids is 3. The van der Waals surface area contributed by atoms with Crippen LogP contribution in [0.2, 0.25) is 0 Å². The number of benzene rings is 1. The smallest absolute Gasteiger partial charge is 0.326 e. The first-order chi connectivity index (χ1) is 15.6. The van der Waals surface area contributed by atoms with E-state index in [1.54, 1.807) is 12.1 Å². The number of unbranched alkanes of at least 4 members (excludes halogenated alkanes) is 1. The highest BCUT2D eigenvalue weighted by Crippen LogP contribution is 2.12. The molecule has 0 bridgehead atoms. The summed E-state index contributed by atoms with van der Waals surface area (Å²) in [4.78, 5) is 47.7. The largest absolute Gasteiger partial charge is 0.508 e. The summed E-state index contributed by atoms with van der Waals surface area (Å²) < 4.78 is 0. The van der Waals surface area contributed by atoms with Crippen LogP contribution in [0.4, 0.5) is 4.79 Å². The number of aliphatic carboxylic acids is 1. The molecular formula is C21H34N6O6. The third-order valence-electron chi connectivity index (χ3n) is 4.90. The lowest BCUT2D eigenvalue weighted by Gasteiger charge is -2.23. The number of nitrogens with two attached hydrogens (primary N) is 3. The number of rotatable bonds is 15. The van der Waals surface area contributed by atoms with Gasteiger partial charge >= 0.3 is 12.0 Å². The monoisotopic (exact) mass is 466 g/mol. The predicted molar refractivity (Wildman–Crippen MR) is 121 cm³/mol. The highest BCUT2D eigenvalue weighted by Gasteiger charge is 2.27. The van der Waals surface area contributed by atoms with Crippen molar-refractivity contribution < 1.29 is 29.4 Å². The number of urea groups is 1. The lowest BCUT2D eigenvalue weighted by molar-refractivity contribution is -0.142. The molecule has 1 aromatic rings. The van der Waals surface area contributed by atoms with Gasteiger partial charge < -0.3 is 43.4 Å². The Balaban J connectivity index is 2.76. The summed E-state index contributed by atoms with van der Waals surface area (Å²) in [6, 6.07) is 2.15. The van der Waals surface area contributed by atoms with Crippen molar-refractivity contribution in [1.29, 1.82) is 0 Å². The number of hydrogen-bond donors (Lipinski definition) is 8. The maximum Gasteiger partial charge on any atom is 0.326 e. The molecule has 4 amide bonds. The van der Waals surface area contributed by atoms with Gasteiger partial charge in [-0.15, -0.1) is 0 Å². The second-order valence-corrected chi connectivity index (χ2v) is 7.66. The van der Waals surface area contributed by atoms with Gasteiger partial charge in [0, 0.05) is 13.0 Å². The summed E-state index contributed by atoms with van der Waals surface area (Å²) in [7, 11) is 0. The van der Waals surface area contributed by atoms with E-state index >= 15 is 0 Å². The first-order valence-corrected chi connectivity index (χ1v) is 10.7. The first kappa shape index (κ1) is 27.7. The van der Waals surface area contributed by atoms with E-state index in [2.05, 4.69) is 16.0 Å². The van der Waals surface area contributed by atoms with Gasteiger partial charge in [0.15, 0.2) is 0 Å². The minimum atomic E-state index is -1.23. The molecule has 0 saturated carbocycles. The van der Waals surface area contributed by atoms with Gasteiger partial charge in [-0.3, -0.25) is 9.59 Å². The minimum absolute atomic E-state index is 0.00278. The fraction of sp³-hybridized carbons (Fsp3) is 0.524. The Morgan fingerprint density at radius 3 is 2.12 bits per heavy atom. The van der Waals surface area contributed by atoms with Gasteiger partial charge in [-0.25, -0.2) is 9.59 Å². The van der Waals surface area contributed by atoms with Crippen LogP contribution in [0.1, 0.15) is 37.7 Å². The summed E-state index contributed by atoms with van der Waals surface area (Å²) in [5, 5.41) is 26.4. The zero-order valence-electron chi connectivity index (χ0n) is 18.5. The molecule has 0 fully saturated rings. The lowest BCUT2D eigenvalue weighted by atomic mass is 10.0. The van der Waals surface area contributed by atoms with Crippen molar-refractivity contribution in [1.82, 2.24) is 16.0 Å². The Hall–Kier alpha value is -3.38. The third kappa shape index (κ3) is 11.2. The molecular weight excluding hydrogens is 432 g/mol. The average molecular weight is 467 g/mol. The number of hydrogen-bond acceptors (Lipinski definition) is 7. The Morgan fingerprint density at radius 2 is 1.55 bits per heavy atom. The summed E-state index contributed by atoms with van der Waals surface area (Å²) in [6.07, 6.45) is 2.09. The normalized spacial score (nSPS) is 13.4. The molecule has 0 heterocycles. The van der Waals surface area contributed by atoms with Crippen LogP contribution >= 0.6 is 0 Å². The molecule has 12 nitrogen and oxygen atoms in total. The highest BCUT2D eigenvalue weighted by molar-refractivity contribution is 5.91. The van der Waals surface area contributed by atoms with Crippen LogP contribution in [-0.2, 0) is 20.8 Å². The van der Waals surface area contributed by atoms with Crippen molar-refractivity contribution in [2.24, 2.45) is 17.2 Å². The first-order valence-electron chi connectivity index (χ1n) is 10.7. The fourth-order valence-corrected chi connectivity index (χ4v) is 3.05. The van der Waals surface area contributed by atoms with Crippen LogP contribution in [0.25, 0.3) is 0 Å². The molecule has 184 valence electrons. The third-order valence-corrected chi connectivity index (χ3v) is 4.90. The molecule has 0 spiro atoms. The number of phenols is 1. The number of carboxylic acids is 1. The zero-order chi connectivity index (χ0) is 24.8. The number of aromatic hydroxyl groups is 1. The molecule has 0 saturated heterocycles. The van der Waals surface area contributed by atoms with E-state index in [4.69, 9.17) is 17.2 Å². The van der Waals surface area contributed by atoms with E-state index in [9.17, 15) is 29.4 Å². The molecule has 1 rings (SSSR count). The Labute approximate surface area is 192 Å². The molecule has 0 aliphatic heterocycles. The second-order valence-electron chi connectivity index (χ2n) is 7.66. The molecule has 0 aliphatic carbocycles. The van der Waals surface area contributed by atoms with E-state index in [0.29, 0.717) is 31.4 Å². The molecule has 0 aromatic heterocycles. The van der Waals surface area contributed by atoms with E-state index in [0.717, 1.165) is 0 Å². The number of phenolic OH excluding ortho intramolecular Hbond substituents is 1. The summed E-state index contributed by atoms with van der Waals surface area (Å²) in [6.45, 7) is 0.668. The molecule has 0 aliphatic rings. The van der Waals surface area contributed by atoms with Crippen LogP contribution < -0.4 is 33.2 Å². The SMILES string of the molecule is NCCCC[C@H](NC(=O)[C@@H](N)CCCNC(N)=O)C(=O)N[C@@H](Cc1ccc(O)cc1)C(=O)O. The molecule has 1 aromatic carbocycles. The van der Waals surface area contributed by atoms with E-state index in [1.807, 2.05) is 0 Å². The Kier molecular flexibility index (Phi) is 12.3. The Morgan fingerprint density at radius 1 is 0.909 bits per heavy atom. The quantitative estimate of drug-likeness (QED) is 0.148. The van der Waals surface area contributed by atoms with Crippen molar-refractivity contribution in [3.63, 3.8) is 0 Å². The average Bonchev–Trinajstić information content (AvgIpc) is 2.76. The van der Waals surface area contributed by atoms with Crippen LogP contribution in [-0.4, -0.2) is 65.2 Å². The number of carbonyl (C=O) groups is 4. The molecule has 11 N–H and O–H groups in total. The zero-order valence-corrected chi connectivity index (χ0v) is 18.5. The molecule has 0 unspecified atom stereocenters. The Bertz CT molecular complexity index is 788. The van der Waals surface area contributed by atoms with Crippen LogP contribution in [0.3, 0.4) is 0 Å². The van der Waals surface area contributed by atoms with Crippen molar-refractivity contribution in [3.05, 3.63) is 29.8 Å². The predicted octanol–water partition coefficient (Wildman–Crippen LogP) is -1.11. The van der Waals surface area contributed by atoms with E-state index < -0.39 is 41.9 Å². The van der Waals surface area contributed by atoms with Gasteiger partial charge in [0.05, 0.1) is 6.04 Å². The number of amides is 4. The summed E-state index contributed by atoms with van der Waals surface area (Å²) >= 11 is 0. The van der Waals surface area contributed by atoms with Gasteiger partial charge in [-0.05, 0) is 56.3 Å². The van der Waals surface area contributed by atoms with Crippen molar-refractivity contribution in [2.45, 2.75) is 56.7 Å². The van der Waals surface area contributed by atoms with Crippen LogP contribution in [0.5, 0.6) is 5.75 Å². The fourth-order valence-electron chi connectivity index (χ4n) is 3.05. The summed E-state index contributed by atoms with van der Waals surface area (Å²) in [5.41, 5.74) is 17.0. The summed E-state index contributed by atoms with van der Waals surface area (Å²) in [5.74, 6) is -2.40. The number of carboxylic acid groups (broad SMARTS) is 1. The van der Waals surface area contributed by atoms with Gasteiger partial charge in [-0.2, -0.15) is 0 Å². The van der Waals surface area contributed by atoms with Crippen molar-refractivity contribution in [2.75, 3.05) is 13.1 Å². The number of primary amides is 1. The van der Waals surface area contributed by atoms with Crippen molar-refractivity contribution in [3.8, 4) is 5.75 Å². The minimum Gasteiger partial charge on any atom is -0.508 e. The van der Waals surface area contributed by atoms with Gasteiger partial charge in [-0.1, -0.05) is 12.1 Å². The number of nitrogens with one attached hydrogen (secondary N) is 3. The topological polar surface area (TPSA) is 223 Å². The maximum absolute atomic E-state index is 12.8. The molecule has 3 atom stereocenters. The van der Waals surface area contributed by atoms with Gasteiger partial charge in [0.1, 0.15) is 17.8 Å². The van der Waals surface area contributed by atoms with Crippen LogP contribution in [0.15, 0.2) is 24.3 Å². The van der Waals surface area contributed by atoms with E-state index in [-0.39, 0.29) is 31.6 Å². The molecule has 12 heteroatoms.